The summed E-state index contributed by atoms with van der Waals surface area (Å²) in [5.74, 6) is 1.26. The molecule has 3 aromatic rings. The fourth-order valence-electron chi connectivity index (χ4n) is 4.63. The number of aryl methyl sites for hydroxylation is 1. The Morgan fingerprint density at radius 2 is 1.88 bits per heavy atom. The quantitative estimate of drug-likeness (QED) is 0.511. The zero-order valence-corrected chi connectivity index (χ0v) is 19.5. The number of piperazine rings is 1. The topological polar surface area (TPSA) is 57.7 Å². The lowest BCUT2D eigenvalue weighted by atomic mass is 10.1. The van der Waals surface area contributed by atoms with E-state index in [-0.39, 0.29) is 5.91 Å². The van der Waals surface area contributed by atoms with Gasteiger partial charge in [0.2, 0.25) is 11.8 Å². The SMILES string of the molecule is O=C1CCc2ccc(OCCCCN3CCN(c4cccc5ccc(Cl)cc45)CC3)nc2N1. The van der Waals surface area contributed by atoms with Crippen molar-refractivity contribution in [3.63, 3.8) is 0 Å². The van der Waals surface area contributed by atoms with Gasteiger partial charge in [-0.25, -0.2) is 0 Å². The second kappa shape index (κ2) is 9.98. The first-order valence-electron chi connectivity index (χ1n) is 11.7. The normalized spacial score (nSPS) is 16.5. The van der Waals surface area contributed by atoms with Crippen molar-refractivity contribution in [2.24, 2.45) is 0 Å². The Bertz CT molecular complexity index is 1140. The van der Waals surface area contributed by atoms with Crippen LogP contribution in [0.1, 0.15) is 24.8 Å². The fraction of sp³-hybridized carbons (Fsp3) is 0.385. The molecule has 6 nitrogen and oxygen atoms in total. The Morgan fingerprint density at radius 3 is 2.76 bits per heavy atom. The molecule has 5 rings (SSSR count). The summed E-state index contributed by atoms with van der Waals surface area (Å²) in [4.78, 5) is 21.0. The van der Waals surface area contributed by atoms with Crippen molar-refractivity contribution in [2.45, 2.75) is 25.7 Å². The highest BCUT2D eigenvalue weighted by molar-refractivity contribution is 6.31. The number of rotatable bonds is 7. The molecular formula is C26H29ClN4O2. The second-order valence-corrected chi connectivity index (χ2v) is 9.17. The molecule has 0 saturated carbocycles. The van der Waals surface area contributed by atoms with Gasteiger partial charge in [-0.15, -0.1) is 0 Å². The third kappa shape index (κ3) is 5.23. The number of amides is 1. The Labute approximate surface area is 199 Å². The average molecular weight is 465 g/mol. The number of anilines is 2. The molecule has 0 unspecified atom stereocenters. The summed E-state index contributed by atoms with van der Waals surface area (Å²) in [5, 5.41) is 6.07. The van der Waals surface area contributed by atoms with Gasteiger partial charge in [0, 0.05) is 54.8 Å². The number of hydrogen-bond donors (Lipinski definition) is 1. The molecule has 2 aliphatic rings. The van der Waals surface area contributed by atoms with E-state index in [4.69, 9.17) is 16.3 Å². The molecule has 2 aliphatic heterocycles. The predicted molar refractivity (Wildman–Crippen MR) is 134 cm³/mol. The molecule has 0 radical (unpaired) electrons. The summed E-state index contributed by atoms with van der Waals surface area (Å²) in [5.41, 5.74) is 2.35. The summed E-state index contributed by atoms with van der Waals surface area (Å²) in [6, 6.07) is 16.5. The van der Waals surface area contributed by atoms with Crippen molar-refractivity contribution in [1.29, 1.82) is 0 Å². The molecule has 0 bridgehead atoms. The lowest BCUT2D eigenvalue weighted by Crippen LogP contribution is -2.46. The standard InChI is InChI=1S/C26H29ClN4O2/c27-21-9-6-19-4-3-5-23(22(19)18-21)31-15-13-30(14-16-31)12-1-2-17-33-25-11-8-20-7-10-24(32)28-26(20)29-25/h3-6,8-9,11,18H,1-2,7,10,12-17H2,(H,28,29,32). The lowest BCUT2D eigenvalue weighted by molar-refractivity contribution is -0.116. The summed E-state index contributed by atoms with van der Waals surface area (Å²) in [6.07, 6.45) is 3.34. The van der Waals surface area contributed by atoms with Crippen LogP contribution in [0.25, 0.3) is 10.8 Å². The maximum atomic E-state index is 11.6. The van der Waals surface area contributed by atoms with Gasteiger partial charge in [0.15, 0.2) is 0 Å². The van der Waals surface area contributed by atoms with E-state index in [2.05, 4.69) is 50.4 Å². The van der Waals surface area contributed by atoms with Crippen LogP contribution in [0, 0.1) is 0 Å². The Kier molecular flexibility index (Phi) is 6.65. The van der Waals surface area contributed by atoms with E-state index in [1.54, 1.807) is 0 Å². The number of nitrogens with zero attached hydrogens (tertiary/aromatic N) is 3. The molecule has 1 saturated heterocycles. The maximum Gasteiger partial charge on any atom is 0.225 e. The van der Waals surface area contributed by atoms with Crippen molar-refractivity contribution in [3.8, 4) is 5.88 Å². The van der Waals surface area contributed by atoms with E-state index in [0.29, 0.717) is 24.7 Å². The largest absolute Gasteiger partial charge is 0.478 e. The van der Waals surface area contributed by atoms with E-state index in [9.17, 15) is 4.79 Å². The molecule has 7 heteroatoms. The monoisotopic (exact) mass is 464 g/mol. The molecule has 3 heterocycles. The number of pyridine rings is 1. The molecule has 1 fully saturated rings. The number of unbranched alkanes of at least 4 members (excludes halogenated alkanes) is 1. The van der Waals surface area contributed by atoms with Crippen molar-refractivity contribution in [2.75, 3.05) is 49.5 Å². The second-order valence-electron chi connectivity index (χ2n) is 8.73. The predicted octanol–water partition coefficient (Wildman–Crippen LogP) is 4.75. The van der Waals surface area contributed by atoms with Crippen LogP contribution in [0.3, 0.4) is 0 Å². The van der Waals surface area contributed by atoms with Gasteiger partial charge in [0.05, 0.1) is 6.61 Å². The highest BCUT2D eigenvalue weighted by atomic mass is 35.5. The van der Waals surface area contributed by atoms with Crippen LogP contribution in [-0.4, -0.2) is 55.1 Å². The molecule has 1 N–H and O–H groups in total. The van der Waals surface area contributed by atoms with Gasteiger partial charge in [-0.3, -0.25) is 9.69 Å². The number of hydrogen-bond acceptors (Lipinski definition) is 5. The zero-order valence-electron chi connectivity index (χ0n) is 18.7. The molecule has 1 aromatic heterocycles. The van der Waals surface area contributed by atoms with Gasteiger partial charge in [0.1, 0.15) is 5.82 Å². The van der Waals surface area contributed by atoms with Crippen molar-refractivity contribution >= 4 is 39.8 Å². The van der Waals surface area contributed by atoms with Crippen LogP contribution < -0.4 is 15.0 Å². The molecule has 33 heavy (non-hydrogen) atoms. The Hall–Kier alpha value is -2.83. The van der Waals surface area contributed by atoms with Gasteiger partial charge in [-0.2, -0.15) is 4.98 Å². The van der Waals surface area contributed by atoms with Crippen molar-refractivity contribution in [3.05, 3.63) is 59.1 Å². The molecule has 0 atom stereocenters. The zero-order chi connectivity index (χ0) is 22.6. The summed E-state index contributed by atoms with van der Waals surface area (Å²) in [6.45, 7) is 5.87. The van der Waals surface area contributed by atoms with Crippen LogP contribution in [0.4, 0.5) is 11.5 Å². The Morgan fingerprint density at radius 1 is 1.00 bits per heavy atom. The van der Waals surface area contributed by atoms with E-state index in [1.807, 2.05) is 18.2 Å². The molecule has 0 spiro atoms. The summed E-state index contributed by atoms with van der Waals surface area (Å²) < 4.78 is 5.82. The van der Waals surface area contributed by atoms with Gasteiger partial charge >= 0.3 is 0 Å². The van der Waals surface area contributed by atoms with Crippen LogP contribution in [-0.2, 0) is 11.2 Å². The third-order valence-electron chi connectivity index (χ3n) is 6.49. The number of ether oxygens (including phenoxy) is 1. The van der Waals surface area contributed by atoms with Crippen LogP contribution in [0.5, 0.6) is 5.88 Å². The minimum Gasteiger partial charge on any atom is -0.478 e. The van der Waals surface area contributed by atoms with E-state index < -0.39 is 0 Å². The van der Waals surface area contributed by atoms with Gasteiger partial charge < -0.3 is 15.0 Å². The smallest absolute Gasteiger partial charge is 0.225 e. The average Bonchev–Trinajstić information content (AvgIpc) is 2.83. The third-order valence-corrected chi connectivity index (χ3v) is 6.72. The minimum absolute atomic E-state index is 0.0245. The Balaban J connectivity index is 1.06. The first-order chi connectivity index (χ1) is 16.2. The first kappa shape index (κ1) is 22.0. The molecular weight excluding hydrogens is 436 g/mol. The minimum atomic E-state index is 0.0245. The highest BCUT2D eigenvalue weighted by Crippen LogP contribution is 2.30. The maximum absolute atomic E-state index is 11.6. The molecule has 172 valence electrons. The fourth-order valence-corrected chi connectivity index (χ4v) is 4.81. The first-order valence-corrected chi connectivity index (χ1v) is 12.1. The van der Waals surface area contributed by atoms with Gasteiger partial charge in [0.25, 0.3) is 0 Å². The highest BCUT2D eigenvalue weighted by Gasteiger charge is 2.19. The van der Waals surface area contributed by atoms with E-state index >= 15 is 0 Å². The number of halogens is 1. The number of nitrogens with one attached hydrogen (secondary N) is 1. The van der Waals surface area contributed by atoms with Gasteiger partial charge in [-0.05, 0) is 61.0 Å². The molecule has 1 amide bonds. The number of carbonyl (C=O) groups is 1. The number of carbonyl (C=O) groups excluding carboxylic acids is 1. The summed E-state index contributed by atoms with van der Waals surface area (Å²) in [7, 11) is 0. The van der Waals surface area contributed by atoms with E-state index in [0.717, 1.165) is 62.6 Å². The number of aromatic nitrogens is 1. The number of fused-ring (bicyclic) bond motifs is 2. The van der Waals surface area contributed by atoms with Crippen LogP contribution in [0.2, 0.25) is 5.02 Å². The van der Waals surface area contributed by atoms with Crippen LogP contribution >= 0.6 is 11.6 Å². The lowest BCUT2D eigenvalue weighted by Gasteiger charge is -2.36. The van der Waals surface area contributed by atoms with Crippen molar-refractivity contribution < 1.29 is 9.53 Å². The van der Waals surface area contributed by atoms with Crippen molar-refractivity contribution in [1.82, 2.24) is 9.88 Å². The van der Waals surface area contributed by atoms with E-state index in [1.165, 1.54) is 16.5 Å². The van der Waals surface area contributed by atoms with Gasteiger partial charge in [-0.1, -0.05) is 29.8 Å². The molecule has 0 aliphatic carbocycles. The van der Waals surface area contributed by atoms with Crippen LogP contribution in [0.15, 0.2) is 48.5 Å². The molecule has 2 aromatic carbocycles. The number of benzene rings is 2. The summed E-state index contributed by atoms with van der Waals surface area (Å²) >= 11 is 6.25.